The van der Waals surface area contributed by atoms with Gasteiger partial charge in [-0.3, -0.25) is 0 Å². The van der Waals surface area contributed by atoms with E-state index in [9.17, 15) is 10.1 Å². The van der Waals surface area contributed by atoms with Crippen molar-refractivity contribution < 1.29 is 4.92 Å². The van der Waals surface area contributed by atoms with Crippen LogP contribution in [0.25, 0.3) is 0 Å². The maximum Gasteiger partial charge on any atom is 0.383 e. The van der Waals surface area contributed by atoms with Crippen molar-refractivity contribution in [2.24, 2.45) is 0 Å². The van der Waals surface area contributed by atoms with Crippen LogP contribution in [0.5, 0.6) is 0 Å². The van der Waals surface area contributed by atoms with Gasteiger partial charge in [-0.05, 0) is 11.3 Å². The van der Waals surface area contributed by atoms with Crippen LogP contribution in [-0.4, -0.2) is 19.9 Å². The molecule has 0 aliphatic rings. The van der Waals surface area contributed by atoms with Gasteiger partial charge >= 0.3 is 5.82 Å². The molecule has 0 aliphatic heterocycles. The Morgan fingerprint density at radius 3 is 2.92 bits per heavy atom. The first-order chi connectivity index (χ1) is 6.20. The average Bonchev–Trinajstić information content (AvgIpc) is 2.48. The number of aryl methyl sites for hydroxylation is 1. The molecule has 0 saturated heterocycles. The molecule has 1 aromatic heterocycles. The van der Waals surface area contributed by atoms with E-state index < -0.39 is 4.92 Å². The molecule has 0 aliphatic carbocycles. The minimum absolute atomic E-state index is 0.238. The molecule has 1 heterocycles. The average molecular weight is 181 g/mol. The molecule has 7 heteroatoms. The summed E-state index contributed by atoms with van der Waals surface area (Å²) in [7, 11) is 0. The van der Waals surface area contributed by atoms with E-state index in [-0.39, 0.29) is 11.5 Å². The lowest BCUT2D eigenvalue weighted by Crippen LogP contribution is -2.04. The van der Waals surface area contributed by atoms with Gasteiger partial charge in [-0.15, -0.1) is 4.68 Å². The quantitative estimate of drug-likeness (QED) is 0.498. The summed E-state index contributed by atoms with van der Waals surface area (Å²) in [5.74, 6) is -0.329. The van der Waals surface area contributed by atoms with Crippen molar-refractivity contribution in [1.82, 2.24) is 15.0 Å². The molecule has 0 radical (unpaired) electrons. The highest BCUT2D eigenvalue weighted by atomic mass is 16.6. The van der Waals surface area contributed by atoms with Crippen molar-refractivity contribution in [1.29, 1.82) is 5.26 Å². The predicted molar refractivity (Wildman–Crippen MR) is 41.7 cm³/mol. The Morgan fingerprint density at radius 2 is 2.46 bits per heavy atom. The fourth-order valence-corrected chi connectivity index (χ4v) is 0.924. The number of hydrogen-bond donors (Lipinski definition) is 0. The normalized spacial score (nSPS) is 9.54. The molecule has 1 aromatic rings. The third kappa shape index (κ3) is 1.61. The van der Waals surface area contributed by atoms with E-state index in [0.29, 0.717) is 13.0 Å². The van der Waals surface area contributed by atoms with Crippen LogP contribution in [0.15, 0.2) is 0 Å². The molecule has 68 valence electrons. The standard InChI is InChI=1S/C6H7N5O2/c1-2-3-10-6(11(12)13)5(4-7)8-9-10/h2-3H2,1H3. The molecule has 0 fully saturated rings. The summed E-state index contributed by atoms with van der Waals surface area (Å²) in [6.45, 7) is 2.25. The summed E-state index contributed by atoms with van der Waals surface area (Å²) >= 11 is 0. The zero-order valence-electron chi connectivity index (χ0n) is 6.97. The van der Waals surface area contributed by atoms with Gasteiger partial charge in [0.25, 0.3) is 5.69 Å². The summed E-state index contributed by atoms with van der Waals surface area (Å²) in [6, 6.07) is 1.62. The molecule has 0 spiro atoms. The second-order valence-electron chi connectivity index (χ2n) is 2.35. The molecule has 0 amide bonds. The van der Waals surface area contributed by atoms with Crippen molar-refractivity contribution in [3.63, 3.8) is 0 Å². The van der Waals surface area contributed by atoms with Crippen LogP contribution < -0.4 is 0 Å². The molecule has 13 heavy (non-hydrogen) atoms. The van der Waals surface area contributed by atoms with Crippen LogP contribution in [-0.2, 0) is 6.54 Å². The first-order valence-electron chi connectivity index (χ1n) is 3.68. The Balaban J connectivity index is 3.16. The molecular weight excluding hydrogens is 174 g/mol. The Kier molecular flexibility index (Phi) is 2.54. The summed E-state index contributed by atoms with van der Waals surface area (Å²) in [5, 5.41) is 25.9. The summed E-state index contributed by atoms with van der Waals surface area (Å²) in [4.78, 5) is 9.85. The van der Waals surface area contributed by atoms with Crippen molar-refractivity contribution in [3.8, 4) is 6.07 Å². The lowest BCUT2D eigenvalue weighted by molar-refractivity contribution is -0.393. The second kappa shape index (κ2) is 3.62. The van der Waals surface area contributed by atoms with Crippen molar-refractivity contribution >= 4 is 5.82 Å². The van der Waals surface area contributed by atoms with E-state index in [1.54, 1.807) is 6.07 Å². The van der Waals surface area contributed by atoms with Crippen LogP contribution in [0.3, 0.4) is 0 Å². The number of nitrogens with zero attached hydrogens (tertiary/aromatic N) is 5. The number of nitro groups is 1. The number of rotatable bonds is 3. The summed E-state index contributed by atoms with van der Waals surface area (Å²) < 4.78 is 1.12. The number of nitriles is 1. The van der Waals surface area contributed by atoms with Gasteiger partial charge in [0.1, 0.15) is 12.6 Å². The lowest BCUT2D eigenvalue weighted by Gasteiger charge is -1.94. The van der Waals surface area contributed by atoms with Gasteiger partial charge in [0, 0.05) is 5.21 Å². The topological polar surface area (TPSA) is 97.6 Å². The Hall–Kier alpha value is -1.97. The minimum Gasteiger partial charge on any atom is -0.358 e. The monoisotopic (exact) mass is 181 g/mol. The van der Waals surface area contributed by atoms with Crippen LogP contribution >= 0.6 is 0 Å². The second-order valence-corrected chi connectivity index (χ2v) is 2.35. The Morgan fingerprint density at radius 1 is 1.77 bits per heavy atom. The fraction of sp³-hybridized carbons (Fsp3) is 0.500. The molecule has 7 nitrogen and oxygen atoms in total. The largest absolute Gasteiger partial charge is 0.383 e. The Bertz CT molecular complexity index is 364. The maximum absolute atomic E-state index is 10.5. The zero-order valence-corrected chi connectivity index (χ0v) is 6.97. The number of hydrogen-bond acceptors (Lipinski definition) is 5. The van der Waals surface area contributed by atoms with Crippen molar-refractivity contribution in [2.75, 3.05) is 0 Å². The lowest BCUT2D eigenvalue weighted by atomic mass is 10.4. The smallest absolute Gasteiger partial charge is 0.358 e. The van der Waals surface area contributed by atoms with E-state index in [0.717, 1.165) is 4.68 Å². The van der Waals surface area contributed by atoms with Crippen LogP contribution in [0.4, 0.5) is 5.82 Å². The zero-order chi connectivity index (χ0) is 9.84. The molecular formula is C6H7N5O2. The van der Waals surface area contributed by atoms with Gasteiger partial charge < -0.3 is 10.1 Å². The fourth-order valence-electron chi connectivity index (χ4n) is 0.924. The minimum atomic E-state index is -0.645. The van der Waals surface area contributed by atoms with Gasteiger partial charge in [0.05, 0.1) is 0 Å². The molecule has 1 rings (SSSR count). The van der Waals surface area contributed by atoms with Gasteiger partial charge in [0.15, 0.2) is 0 Å². The molecule has 0 atom stereocenters. The first-order valence-corrected chi connectivity index (χ1v) is 3.68. The Labute approximate surface area is 73.7 Å². The van der Waals surface area contributed by atoms with Gasteiger partial charge in [-0.25, -0.2) is 0 Å². The SMILES string of the molecule is CCCn1nnc(C#N)c1[N+](=O)[O-]. The van der Waals surface area contributed by atoms with Crippen LogP contribution in [0, 0.1) is 21.4 Å². The highest BCUT2D eigenvalue weighted by molar-refractivity contribution is 5.35. The van der Waals surface area contributed by atoms with E-state index in [1.807, 2.05) is 6.92 Å². The molecule has 0 bridgehead atoms. The maximum atomic E-state index is 10.5. The third-order valence-corrected chi connectivity index (χ3v) is 1.42. The van der Waals surface area contributed by atoms with Crippen LogP contribution in [0.2, 0.25) is 0 Å². The van der Waals surface area contributed by atoms with E-state index in [1.165, 1.54) is 0 Å². The van der Waals surface area contributed by atoms with Gasteiger partial charge in [-0.2, -0.15) is 5.26 Å². The molecule has 0 saturated carbocycles. The highest BCUT2D eigenvalue weighted by Crippen LogP contribution is 2.14. The molecule has 0 aromatic carbocycles. The molecule has 0 N–H and O–H groups in total. The van der Waals surface area contributed by atoms with E-state index in [2.05, 4.69) is 10.3 Å². The van der Waals surface area contributed by atoms with E-state index >= 15 is 0 Å². The highest BCUT2D eigenvalue weighted by Gasteiger charge is 2.22. The first kappa shape index (κ1) is 9.12. The van der Waals surface area contributed by atoms with Crippen molar-refractivity contribution in [2.45, 2.75) is 19.9 Å². The number of aromatic nitrogens is 3. The predicted octanol–water partition coefficient (Wildman–Crippen LogP) is 0.468. The van der Waals surface area contributed by atoms with Crippen LogP contribution in [0.1, 0.15) is 19.0 Å². The van der Waals surface area contributed by atoms with Gasteiger partial charge in [0.2, 0.25) is 0 Å². The van der Waals surface area contributed by atoms with Gasteiger partial charge in [-0.1, -0.05) is 12.0 Å². The van der Waals surface area contributed by atoms with E-state index in [4.69, 9.17) is 5.26 Å². The molecule has 0 unspecified atom stereocenters. The third-order valence-electron chi connectivity index (χ3n) is 1.42. The summed E-state index contributed by atoms with van der Waals surface area (Å²) in [5.41, 5.74) is -0.238. The summed E-state index contributed by atoms with van der Waals surface area (Å²) in [6.07, 6.45) is 0.703. The van der Waals surface area contributed by atoms with Crippen molar-refractivity contribution in [3.05, 3.63) is 15.8 Å².